The van der Waals surface area contributed by atoms with Crippen LogP contribution >= 0.6 is 0 Å². The molecule has 0 radical (unpaired) electrons. The molecule has 282 valence electrons. The van der Waals surface area contributed by atoms with Crippen LogP contribution in [-0.2, 0) is 9.53 Å². The molecule has 1 unspecified atom stereocenters. The summed E-state index contributed by atoms with van der Waals surface area (Å²) in [5.41, 5.74) is 0. The first-order valence-corrected chi connectivity index (χ1v) is 21.2. The van der Waals surface area contributed by atoms with Gasteiger partial charge in [-0.15, -0.1) is 0 Å². The van der Waals surface area contributed by atoms with E-state index in [-0.39, 0.29) is 19.2 Å². The van der Waals surface area contributed by atoms with E-state index in [1.54, 1.807) is 0 Å². The van der Waals surface area contributed by atoms with Gasteiger partial charge in [0.15, 0.2) is 0 Å². The highest BCUT2D eigenvalue weighted by Gasteiger charge is 2.14. The fourth-order valence-corrected chi connectivity index (χ4v) is 6.92. The number of aliphatic hydroxyl groups excluding tert-OH is 2. The van der Waals surface area contributed by atoms with Crippen molar-refractivity contribution < 1.29 is 19.7 Å². The molecule has 0 aliphatic heterocycles. The van der Waals surface area contributed by atoms with Gasteiger partial charge in [-0.25, -0.2) is 0 Å². The van der Waals surface area contributed by atoms with Gasteiger partial charge in [0.25, 0.3) is 0 Å². The third-order valence-corrected chi connectivity index (χ3v) is 10.1. The minimum atomic E-state index is -0.000371. The van der Waals surface area contributed by atoms with Gasteiger partial charge in [-0.3, -0.25) is 4.79 Å². The molecule has 0 aliphatic carbocycles. The molecule has 0 saturated carbocycles. The summed E-state index contributed by atoms with van der Waals surface area (Å²) in [6.45, 7) is 10.8. The second kappa shape index (κ2) is 38.2. The number of carbonyl (C=O) groups is 1. The van der Waals surface area contributed by atoms with Gasteiger partial charge >= 0.3 is 5.97 Å². The lowest BCUT2D eigenvalue weighted by Crippen LogP contribution is -2.33. The van der Waals surface area contributed by atoms with Gasteiger partial charge in [0.05, 0.1) is 6.61 Å². The number of hydrogen-bond donors (Lipinski definition) is 2. The molecular weight excluding hydrogens is 582 g/mol. The summed E-state index contributed by atoms with van der Waals surface area (Å²) < 4.78 is 5.79. The molecular formula is C42H85NO4. The molecule has 0 aromatic heterocycles. The Hall–Kier alpha value is -0.650. The van der Waals surface area contributed by atoms with Gasteiger partial charge in [0, 0.05) is 32.7 Å². The van der Waals surface area contributed by atoms with Crippen molar-refractivity contribution in [2.75, 3.05) is 39.5 Å². The minimum Gasteiger partial charge on any atom is -0.465 e. The Morgan fingerprint density at radius 2 is 0.915 bits per heavy atom. The molecule has 1 atom stereocenters. The van der Waals surface area contributed by atoms with Crippen molar-refractivity contribution in [1.82, 2.24) is 4.90 Å². The zero-order valence-electron chi connectivity index (χ0n) is 32.3. The monoisotopic (exact) mass is 668 g/mol. The van der Waals surface area contributed by atoms with Gasteiger partial charge < -0.3 is 19.8 Å². The molecule has 0 rings (SSSR count). The quantitative estimate of drug-likeness (QED) is 0.0504. The maximum atomic E-state index is 12.5. The summed E-state index contributed by atoms with van der Waals surface area (Å²) in [7, 11) is 0. The molecule has 0 saturated heterocycles. The number of ether oxygens (including phenoxy) is 1. The molecule has 0 amide bonds. The van der Waals surface area contributed by atoms with Crippen molar-refractivity contribution in [3.05, 3.63) is 0 Å². The number of unbranched alkanes of at least 4 members (excludes halogenated alkanes) is 21. The number of esters is 1. The van der Waals surface area contributed by atoms with Crippen molar-refractivity contribution in [2.24, 2.45) is 11.8 Å². The number of carbonyl (C=O) groups excluding carboxylic acids is 1. The third kappa shape index (κ3) is 33.6. The van der Waals surface area contributed by atoms with Crippen LogP contribution in [0.1, 0.15) is 213 Å². The van der Waals surface area contributed by atoms with Crippen LogP contribution < -0.4 is 0 Å². The largest absolute Gasteiger partial charge is 0.465 e. The molecule has 0 aromatic rings. The van der Waals surface area contributed by atoms with E-state index in [2.05, 4.69) is 25.7 Å². The van der Waals surface area contributed by atoms with Crippen molar-refractivity contribution in [2.45, 2.75) is 213 Å². The summed E-state index contributed by atoms with van der Waals surface area (Å²) in [6, 6.07) is 0. The van der Waals surface area contributed by atoms with E-state index >= 15 is 0 Å². The standard InChI is InChI=1S/C42H85NO4/c1-4-7-10-13-14-15-16-17-21-26-32-41(38-45)37-43(35-29-36-44)34-28-23-18-22-27-33-42(46)47-39-40(30-24-19-11-8-5-2)31-25-20-12-9-6-3/h40-41,44-45H,4-39H2,1-3H3. The first-order valence-electron chi connectivity index (χ1n) is 21.2. The molecule has 5 heteroatoms. The highest BCUT2D eigenvalue weighted by Crippen LogP contribution is 2.20. The van der Waals surface area contributed by atoms with Gasteiger partial charge in [-0.1, -0.05) is 168 Å². The normalized spacial score (nSPS) is 12.4. The highest BCUT2D eigenvalue weighted by atomic mass is 16.5. The van der Waals surface area contributed by atoms with Crippen LogP contribution in [0.25, 0.3) is 0 Å². The summed E-state index contributed by atoms with van der Waals surface area (Å²) >= 11 is 0. The Bertz CT molecular complexity index is 601. The van der Waals surface area contributed by atoms with Crippen LogP contribution in [0.5, 0.6) is 0 Å². The first-order chi connectivity index (χ1) is 23.1. The van der Waals surface area contributed by atoms with Crippen molar-refractivity contribution in [3.8, 4) is 0 Å². The van der Waals surface area contributed by atoms with Crippen molar-refractivity contribution in [1.29, 1.82) is 0 Å². The van der Waals surface area contributed by atoms with E-state index in [0.29, 0.717) is 24.9 Å². The molecule has 0 spiro atoms. The lowest BCUT2D eigenvalue weighted by molar-refractivity contribution is -0.145. The predicted octanol–water partition coefficient (Wildman–Crippen LogP) is 11.8. The molecule has 0 heterocycles. The number of hydrogen-bond acceptors (Lipinski definition) is 5. The van der Waals surface area contributed by atoms with Crippen LogP contribution in [-0.4, -0.2) is 60.5 Å². The maximum absolute atomic E-state index is 12.5. The lowest BCUT2D eigenvalue weighted by atomic mass is 9.95. The third-order valence-electron chi connectivity index (χ3n) is 10.1. The average molecular weight is 668 g/mol. The van der Waals surface area contributed by atoms with Gasteiger partial charge in [-0.2, -0.15) is 0 Å². The van der Waals surface area contributed by atoms with Crippen LogP contribution in [0.4, 0.5) is 0 Å². The molecule has 0 bridgehead atoms. The average Bonchev–Trinajstić information content (AvgIpc) is 3.08. The molecule has 0 aromatic carbocycles. The Balaban J connectivity index is 4.14. The van der Waals surface area contributed by atoms with E-state index in [9.17, 15) is 15.0 Å². The van der Waals surface area contributed by atoms with Gasteiger partial charge in [0.2, 0.25) is 0 Å². The number of rotatable bonds is 39. The smallest absolute Gasteiger partial charge is 0.305 e. The van der Waals surface area contributed by atoms with Gasteiger partial charge in [-0.05, 0) is 56.9 Å². The topological polar surface area (TPSA) is 70.0 Å². The van der Waals surface area contributed by atoms with Gasteiger partial charge in [0.1, 0.15) is 0 Å². The Kier molecular flexibility index (Phi) is 37.6. The van der Waals surface area contributed by atoms with Crippen molar-refractivity contribution in [3.63, 3.8) is 0 Å². The lowest BCUT2D eigenvalue weighted by Gasteiger charge is -2.26. The maximum Gasteiger partial charge on any atom is 0.305 e. The van der Waals surface area contributed by atoms with E-state index in [0.717, 1.165) is 58.2 Å². The number of nitrogens with zero attached hydrogens (tertiary/aromatic N) is 1. The van der Waals surface area contributed by atoms with Crippen molar-refractivity contribution >= 4 is 5.97 Å². The molecule has 47 heavy (non-hydrogen) atoms. The van der Waals surface area contributed by atoms with E-state index in [1.165, 1.54) is 148 Å². The Morgan fingerprint density at radius 1 is 0.511 bits per heavy atom. The molecule has 0 aliphatic rings. The second-order valence-corrected chi connectivity index (χ2v) is 14.9. The van der Waals surface area contributed by atoms with Crippen LogP contribution in [0.3, 0.4) is 0 Å². The zero-order valence-corrected chi connectivity index (χ0v) is 32.3. The van der Waals surface area contributed by atoms with E-state index in [1.807, 2.05) is 0 Å². The SMILES string of the molecule is CCCCCCCCCCCCC(CO)CN(CCCO)CCCCCCCC(=O)OCC(CCCCCCC)CCCCCCC. The number of aliphatic hydroxyl groups is 2. The summed E-state index contributed by atoms with van der Waals surface area (Å²) in [5.74, 6) is 0.881. The molecule has 2 N–H and O–H groups in total. The summed E-state index contributed by atoms with van der Waals surface area (Å²) in [6.07, 6.45) is 36.9. The van der Waals surface area contributed by atoms with Crippen LogP contribution in [0.2, 0.25) is 0 Å². The summed E-state index contributed by atoms with van der Waals surface area (Å²) in [4.78, 5) is 15.0. The molecule has 0 fully saturated rings. The highest BCUT2D eigenvalue weighted by molar-refractivity contribution is 5.69. The summed E-state index contributed by atoms with van der Waals surface area (Å²) in [5, 5.41) is 19.5. The van der Waals surface area contributed by atoms with Crippen LogP contribution in [0.15, 0.2) is 0 Å². The van der Waals surface area contributed by atoms with E-state index in [4.69, 9.17) is 4.74 Å². The fourth-order valence-electron chi connectivity index (χ4n) is 6.92. The molecule has 5 nitrogen and oxygen atoms in total. The Labute approximate surface area is 294 Å². The predicted molar refractivity (Wildman–Crippen MR) is 204 cm³/mol. The Morgan fingerprint density at radius 3 is 1.38 bits per heavy atom. The second-order valence-electron chi connectivity index (χ2n) is 14.9. The van der Waals surface area contributed by atoms with E-state index < -0.39 is 0 Å². The van der Waals surface area contributed by atoms with Crippen LogP contribution in [0, 0.1) is 11.8 Å². The zero-order chi connectivity index (χ0) is 34.5. The first kappa shape index (κ1) is 46.4. The fraction of sp³-hybridized carbons (Fsp3) is 0.976. The minimum absolute atomic E-state index is 0.000371.